The van der Waals surface area contributed by atoms with E-state index in [-0.39, 0.29) is 0 Å². The molecule has 0 amide bonds. The molecule has 0 spiro atoms. The van der Waals surface area contributed by atoms with E-state index in [4.69, 9.17) is 0 Å². The Kier molecular flexibility index (Phi) is 3.60. The van der Waals surface area contributed by atoms with Gasteiger partial charge in [0.2, 0.25) is 0 Å². The molecule has 0 aliphatic heterocycles. The zero-order valence-corrected chi connectivity index (χ0v) is 6.97. The molecule has 0 rings (SSSR count). The van der Waals surface area contributed by atoms with Crippen LogP contribution in [0.4, 0.5) is 0 Å². The fourth-order valence-electron chi connectivity index (χ4n) is 0.396. The second kappa shape index (κ2) is 3.41. The molecule has 0 aromatic carbocycles. The highest BCUT2D eigenvalue weighted by Gasteiger charge is 1.91. The van der Waals surface area contributed by atoms with E-state index in [0.717, 1.165) is 12.5 Å². The van der Waals surface area contributed by atoms with Crippen LogP contribution in [0.2, 0.25) is 0 Å². The molecule has 2 heteroatoms. The average molecular weight is 212 g/mol. The highest BCUT2D eigenvalue weighted by molar-refractivity contribution is 5.13. The Morgan fingerprint density at radius 2 is 2.14 bits per heavy atom. The third-order valence-corrected chi connectivity index (χ3v) is 0.957. The molecule has 0 atom stereocenters. The summed E-state index contributed by atoms with van der Waals surface area (Å²) >= 11 is 2.18. The van der Waals surface area contributed by atoms with Crippen molar-refractivity contribution in [2.75, 3.05) is 6.54 Å². The van der Waals surface area contributed by atoms with Gasteiger partial charge in [-0.05, 0) is 0 Å². The zero-order chi connectivity index (χ0) is 5.86. The summed E-state index contributed by atoms with van der Waals surface area (Å²) in [4.78, 5) is 0. The summed E-state index contributed by atoms with van der Waals surface area (Å²) in [6.45, 7) is 9.12. The quantitative estimate of drug-likeness (QED) is 0.278. The highest BCUT2D eigenvalue weighted by Crippen LogP contribution is 1.85. The van der Waals surface area contributed by atoms with Gasteiger partial charge >= 0.3 is 0 Å². The molecule has 7 heavy (non-hydrogen) atoms. The van der Waals surface area contributed by atoms with Crippen LogP contribution in [0.3, 0.4) is 0 Å². The molecular formula is C5H11IN. The highest BCUT2D eigenvalue weighted by atomic mass is 127. The van der Waals surface area contributed by atoms with E-state index in [1.54, 1.807) is 0 Å². The smallest absolute Gasteiger partial charge is 0.120 e. The van der Waals surface area contributed by atoms with Gasteiger partial charge in [-0.1, -0.05) is 13.8 Å². The molecule has 0 bridgehead atoms. The maximum atomic E-state index is 3.70. The second-order valence-electron chi connectivity index (χ2n) is 2.04. The van der Waals surface area contributed by atoms with Gasteiger partial charge in [-0.15, -0.1) is 0 Å². The fourth-order valence-corrected chi connectivity index (χ4v) is 1.18. The third kappa shape index (κ3) is 6.40. The SMILES string of the molecule is C=[N+]([I-])CC(C)C. The average Bonchev–Trinajstić information content (AvgIpc) is 1.27. The standard InChI is InChI=1S/C5H11IN/c1-5(2)4-7(3)6/h5H,3-4H2,1-2H3. The first-order chi connectivity index (χ1) is 3.13. The molecular weight excluding hydrogens is 201 g/mol. The predicted octanol–water partition coefficient (Wildman–Crippen LogP) is -2.18. The van der Waals surface area contributed by atoms with Crippen molar-refractivity contribution in [2.45, 2.75) is 13.8 Å². The Bertz CT molecular complexity index is 68.5. The van der Waals surface area contributed by atoms with Gasteiger partial charge in [-0.2, -0.15) is 0 Å². The van der Waals surface area contributed by atoms with Crippen LogP contribution < -0.4 is 22.9 Å². The van der Waals surface area contributed by atoms with Crippen molar-refractivity contribution in [1.29, 1.82) is 0 Å². The van der Waals surface area contributed by atoms with E-state index in [0.29, 0.717) is 0 Å². The van der Waals surface area contributed by atoms with E-state index in [1.807, 2.05) is 2.79 Å². The Hall–Kier alpha value is 0.400. The van der Waals surface area contributed by atoms with E-state index >= 15 is 0 Å². The number of hydrogen-bond donors (Lipinski definition) is 0. The van der Waals surface area contributed by atoms with Crippen molar-refractivity contribution in [3.05, 3.63) is 0 Å². The Balaban J connectivity index is 3.13. The molecule has 43 valence electrons. The summed E-state index contributed by atoms with van der Waals surface area (Å²) in [5, 5.41) is 0. The van der Waals surface area contributed by atoms with E-state index in [2.05, 4.69) is 43.4 Å². The van der Waals surface area contributed by atoms with Gasteiger partial charge in [-0.25, -0.2) is 0 Å². The van der Waals surface area contributed by atoms with Crippen molar-refractivity contribution < 1.29 is 25.7 Å². The normalized spacial score (nSPS) is 9.71. The van der Waals surface area contributed by atoms with Gasteiger partial charge in [0.25, 0.3) is 0 Å². The predicted molar refractivity (Wildman–Crippen MR) is 27.1 cm³/mol. The molecule has 1 nitrogen and oxygen atoms in total. The molecule has 0 heterocycles. The van der Waals surface area contributed by atoms with Crippen LogP contribution in [0, 0.1) is 5.92 Å². The summed E-state index contributed by atoms with van der Waals surface area (Å²) < 4.78 is 1.92. The van der Waals surface area contributed by atoms with E-state index in [9.17, 15) is 0 Å². The van der Waals surface area contributed by atoms with Crippen molar-refractivity contribution in [3.63, 3.8) is 0 Å². The van der Waals surface area contributed by atoms with Crippen LogP contribution in [0.1, 0.15) is 13.8 Å². The first kappa shape index (κ1) is 7.40. The molecule has 0 aliphatic carbocycles. The summed E-state index contributed by atoms with van der Waals surface area (Å²) in [5.74, 6) is 0.731. The molecule has 0 saturated heterocycles. The minimum absolute atomic E-state index is 0.731. The van der Waals surface area contributed by atoms with Crippen LogP contribution in [-0.2, 0) is 0 Å². The van der Waals surface area contributed by atoms with Gasteiger partial charge in [0.05, 0.1) is 0 Å². The molecule has 0 saturated carbocycles. The minimum Gasteiger partial charge on any atom is -0.380 e. The van der Waals surface area contributed by atoms with Gasteiger partial charge in [0, 0.05) is 5.92 Å². The number of nitrogens with zero attached hydrogens (tertiary/aromatic N) is 1. The largest absolute Gasteiger partial charge is 0.380 e. The number of rotatable bonds is 2. The zero-order valence-electron chi connectivity index (χ0n) is 4.82. The van der Waals surface area contributed by atoms with Gasteiger partial charge in [0.15, 0.2) is 0 Å². The molecule has 0 fully saturated rings. The topological polar surface area (TPSA) is 3.01 Å². The van der Waals surface area contributed by atoms with Crippen LogP contribution >= 0.6 is 0 Å². The summed E-state index contributed by atoms with van der Waals surface area (Å²) in [6, 6.07) is 0. The molecule has 0 aliphatic rings. The molecule has 0 unspecified atom stereocenters. The number of halogens is 1. The van der Waals surface area contributed by atoms with Crippen LogP contribution in [0.15, 0.2) is 0 Å². The lowest BCUT2D eigenvalue weighted by atomic mass is 10.2. The fraction of sp³-hybridized carbons (Fsp3) is 0.800. The van der Waals surface area contributed by atoms with Crippen molar-refractivity contribution in [3.8, 4) is 0 Å². The monoisotopic (exact) mass is 212 g/mol. The molecule has 0 N–H and O–H groups in total. The van der Waals surface area contributed by atoms with E-state index in [1.165, 1.54) is 0 Å². The lowest BCUT2D eigenvalue weighted by Crippen LogP contribution is -3.39. The van der Waals surface area contributed by atoms with Crippen molar-refractivity contribution in [2.24, 2.45) is 5.92 Å². The summed E-state index contributed by atoms with van der Waals surface area (Å²) in [5.41, 5.74) is 0. The Labute approximate surface area is 58.9 Å². The Morgan fingerprint density at radius 3 is 2.14 bits per heavy atom. The van der Waals surface area contributed by atoms with Crippen LogP contribution in [-0.4, -0.2) is 16.1 Å². The second-order valence-corrected chi connectivity index (χ2v) is 3.40. The van der Waals surface area contributed by atoms with Gasteiger partial charge < -0.3 is 25.7 Å². The molecule has 0 aromatic rings. The first-order valence-corrected chi connectivity index (χ1v) is 3.33. The lowest BCUT2D eigenvalue weighted by molar-refractivity contribution is -1.06. The molecule has 1 radical (unpaired) electrons. The number of hydrogen-bond acceptors (Lipinski definition) is 0. The summed E-state index contributed by atoms with van der Waals surface area (Å²) in [7, 11) is 0. The lowest BCUT2D eigenvalue weighted by Gasteiger charge is -2.04. The molecule has 0 aromatic heterocycles. The first-order valence-electron chi connectivity index (χ1n) is 2.36. The van der Waals surface area contributed by atoms with Crippen LogP contribution in [0.5, 0.6) is 0 Å². The van der Waals surface area contributed by atoms with Gasteiger partial charge in [0.1, 0.15) is 13.3 Å². The maximum absolute atomic E-state index is 3.70. The Morgan fingerprint density at radius 1 is 1.71 bits per heavy atom. The van der Waals surface area contributed by atoms with Crippen LogP contribution in [0.25, 0.3) is 0 Å². The minimum atomic E-state index is 0.731. The van der Waals surface area contributed by atoms with E-state index < -0.39 is 0 Å². The third-order valence-electron chi connectivity index (χ3n) is 0.563. The summed E-state index contributed by atoms with van der Waals surface area (Å²) in [6.07, 6.45) is 0. The van der Waals surface area contributed by atoms with Crippen molar-refractivity contribution in [1.82, 2.24) is 0 Å². The van der Waals surface area contributed by atoms with Gasteiger partial charge in [-0.3, -0.25) is 0 Å². The maximum Gasteiger partial charge on any atom is 0.120 e. The van der Waals surface area contributed by atoms with Crippen molar-refractivity contribution >= 4 is 6.72 Å².